The Balaban J connectivity index is 1.68. The molecular weight excluding hydrogens is 356 g/mol. The van der Waals surface area contributed by atoms with E-state index < -0.39 is 0 Å². The number of hydrogen-bond acceptors (Lipinski definition) is 3. The molecule has 2 aromatic heterocycles. The van der Waals surface area contributed by atoms with Crippen molar-refractivity contribution >= 4 is 40.1 Å². The molecule has 0 radical (unpaired) electrons. The van der Waals surface area contributed by atoms with Gasteiger partial charge >= 0.3 is 0 Å². The Morgan fingerprint density at radius 2 is 1.31 bits per heavy atom. The summed E-state index contributed by atoms with van der Waals surface area (Å²) in [5, 5.41) is 2.10. The van der Waals surface area contributed by atoms with Crippen LogP contribution in [0.15, 0.2) is 78.2 Å². The second-order valence-electron chi connectivity index (χ2n) is 6.16. The zero-order valence-corrected chi connectivity index (χ0v) is 15.4. The number of ketones is 1. The first kappa shape index (κ1) is 15.5. The van der Waals surface area contributed by atoms with E-state index in [1.54, 1.807) is 22.7 Å². The van der Waals surface area contributed by atoms with Crippen molar-refractivity contribution < 1.29 is 4.79 Å². The van der Waals surface area contributed by atoms with Gasteiger partial charge in [-0.2, -0.15) is 0 Å². The van der Waals surface area contributed by atoms with Gasteiger partial charge in [0.2, 0.25) is 0 Å². The predicted octanol–water partition coefficient (Wildman–Crippen LogP) is 6.61. The van der Waals surface area contributed by atoms with E-state index in [1.165, 1.54) is 14.6 Å². The van der Waals surface area contributed by atoms with Crippen LogP contribution in [-0.4, -0.2) is 5.78 Å². The third kappa shape index (κ3) is 2.48. The summed E-state index contributed by atoms with van der Waals surface area (Å²) in [5.41, 5.74) is 4.72. The van der Waals surface area contributed by atoms with Gasteiger partial charge in [-0.1, -0.05) is 54.6 Å². The molecule has 26 heavy (non-hydrogen) atoms. The number of benzene rings is 2. The molecule has 0 saturated carbocycles. The van der Waals surface area contributed by atoms with Crippen molar-refractivity contribution in [2.75, 3.05) is 0 Å². The maximum Gasteiger partial charge on any atom is 0.194 e. The number of carbonyl (C=O) groups is 1. The highest BCUT2D eigenvalue weighted by atomic mass is 32.1. The van der Waals surface area contributed by atoms with Gasteiger partial charge in [-0.3, -0.25) is 4.79 Å². The van der Waals surface area contributed by atoms with Gasteiger partial charge in [-0.05, 0) is 46.4 Å². The Bertz CT molecular complexity index is 1090. The number of carbonyl (C=O) groups excluding carboxylic acids is 1. The molecule has 2 aromatic carbocycles. The number of rotatable bonds is 2. The highest BCUT2D eigenvalue weighted by molar-refractivity contribution is 7.21. The lowest BCUT2D eigenvalue weighted by Crippen LogP contribution is -2.13. The third-order valence-corrected chi connectivity index (χ3v) is 6.70. The molecule has 1 nitrogen and oxygen atoms in total. The average molecular weight is 370 g/mol. The van der Waals surface area contributed by atoms with Crippen molar-refractivity contribution in [3.63, 3.8) is 0 Å². The third-order valence-electron chi connectivity index (χ3n) is 4.60. The summed E-state index contributed by atoms with van der Waals surface area (Å²) in [5.74, 6) is 0.110. The number of thiophene rings is 2. The van der Waals surface area contributed by atoms with Gasteiger partial charge in [0.15, 0.2) is 5.78 Å². The Morgan fingerprint density at radius 3 is 1.92 bits per heavy atom. The zero-order valence-electron chi connectivity index (χ0n) is 13.8. The van der Waals surface area contributed by atoms with E-state index in [4.69, 9.17) is 0 Å². The molecule has 3 heteroatoms. The average Bonchev–Trinajstić information content (AvgIpc) is 3.37. The molecule has 0 unspecified atom stereocenters. The molecule has 0 bridgehead atoms. The molecule has 0 fully saturated rings. The van der Waals surface area contributed by atoms with Crippen LogP contribution < -0.4 is 0 Å². The highest BCUT2D eigenvalue weighted by Crippen LogP contribution is 2.39. The van der Waals surface area contributed by atoms with Crippen molar-refractivity contribution in [3.05, 3.63) is 105 Å². The summed E-state index contributed by atoms with van der Waals surface area (Å²) < 4.78 is 0. The molecule has 0 N–H and O–H groups in total. The quantitative estimate of drug-likeness (QED) is 0.342. The van der Waals surface area contributed by atoms with Gasteiger partial charge < -0.3 is 0 Å². The molecule has 4 aromatic rings. The van der Waals surface area contributed by atoms with Crippen LogP contribution in [0.1, 0.15) is 31.9 Å². The van der Waals surface area contributed by atoms with Crippen molar-refractivity contribution in [2.45, 2.75) is 0 Å². The zero-order chi connectivity index (χ0) is 17.5. The maximum atomic E-state index is 12.8. The minimum Gasteiger partial charge on any atom is -0.289 e. The fourth-order valence-electron chi connectivity index (χ4n) is 3.40. The number of hydrogen-bond donors (Lipinski definition) is 0. The van der Waals surface area contributed by atoms with Gasteiger partial charge in [-0.25, -0.2) is 0 Å². The molecule has 5 rings (SSSR count). The van der Waals surface area contributed by atoms with Crippen molar-refractivity contribution in [1.82, 2.24) is 0 Å². The van der Waals surface area contributed by atoms with Crippen LogP contribution in [0.25, 0.3) is 21.4 Å². The summed E-state index contributed by atoms with van der Waals surface area (Å²) in [6.45, 7) is 0. The lowest BCUT2D eigenvalue weighted by Gasteiger charge is -2.21. The van der Waals surface area contributed by atoms with Gasteiger partial charge in [0, 0.05) is 25.8 Å². The lowest BCUT2D eigenvalue weighted by molar-refractivity contribution is 0.103. The SMILES string of the molecule is O=C1c2ccccc2C(=Cc2ccc(-c3cccs3)s2)c2ccccc21. The Kier molecular flexibility index (Phi) is 3.70. The second kappa shape index (κ2) is 6.20. The van der Waals surface area contributed by atoms with Crippen molar-refractivity contribution in [1.29, 1.82) is 0 Å². The minimum absolute atomic E-state index is 0.110. The van der Waals surface area contributed by atoms with Crippen LogP contribution in [0.5, 0.6) is 0 Å². The summed E-state index contributed by atoms with van der Waals surface area (Å²) in [6.07, 6.45) is 2.21. The fourth-order valence-corrected chi connectivity index (χ4v) is 5.19. The Hall–Kier alpha value is -2.75. The molecule has 0 saturated heterocycles. The molecule has 1 aliphatic rings. The fraction of sp³-hybridized carbons (Fsp3) is 0. The Labute approximate surface area is 159 Å². The molecule has 0 atom stereocenters. The molecule has 0 amide bonds. The summed E-state index contributed by atoms with van der Waals surface area (Å²) >= 11 is 3.54. The van der Waals surface area contributed by atoms with E-state index in [0.717, 1.165) is 27.8 Å². The maximum absolute atomic E-state index is 12.8. The van der Waals surface area contributed by atoms with Gasteiger partial charge in [-0.15, -0.1) is 22.7 Å². The van der Waals surface area contributed by atoms with E-state index in [2.05, 4.69) is 35.7 Å². The minimum atomic E-state index is 0.110. The van der Waals surface area contributed by atoms with Gasteiger partial charge in [0.25, 0.3) is 0 Å². The van der Waals surface area contributed by atoms with Crippen LogP contribution in [0.3, 0.4) is 0 Å². The second-order valence-corrected chi connectivity index (χ2v) is 8.22. The molecular formula is C23H14OS2. The normalized spacial score (nSPS) is 12.6. The molecule has 0 aliphatic heterocycles. The Morgan fingerprint density at radius 1 is 0.654 bits per heavy atom. The van der Waals surface area contributed by atoms with E-state index in [9.17, 15) is 4.79 Å². The van der Waals surface area contributed by atoms with E-state index in [1.807, 2.05) is 48.5 Å². The summed E-state index contributed by atoms with van der Waals surface area (Å²) in [4.78, 5) is 16.6. The first-order chi connectivity index (χ1) is 12.8. The first-order valence-electron chi connectivity index (χ1n) is 8.40. The van der Waals surface area contributed by atoms with Gasteiger partial charge in [0.05, 0.1) is 0 Å². The molecule has 1 aliphatic carbocycles. The number of fused-ring (bicyclic) bond motifs is 2. The van der Waals surface area contributed by atoms with Crippen LogP contribution in [0, 0.1) is 0 Å². The molecule has 0 spiro atoms. The summed E-state index contributed by atoms with van der Waals surface area (Å²) in [6, 6.07) is 24.4. The molecule has 2 heterocycles. The highest BCUT2D eigenvalue weighted by Gasteiger charge is 2.26. The van der Waals surface area contributed by atoms with E-state index in [0.29, 0.717) is 0 Å². The largest absolute Gasteiger partial charge is 0.289 e. The van der Waals surface area contributed by atoms with Crippen LogP contribution in [0.2, 0.25) is 0 Å². The van der Waals surface area contributed by atoms with Crippen molar-refractivity contribution in [3.8, 4) is 9.75 Å². The monoisotopic (exact) mass is 370 g/mol. The van der Waals surface area contributed by atoms with E-state index in [-0.39, 0.29) is 5.78 Å². The van der Waals surface area contributed by atoms with Crippen LogP contribution in [-0.2, 0) is 0 Å². The lowest BCUT2D eigenvalue weighted by atomic mass is 9.81. The smallest absolute Gasteiger partial charge is 0.194 e. The van der Waals surface area contributed by atoms with E-state index >= 15 is 0 Å². The standard InChI is InChI=1S/C23H14OS2/c24-23-18-8-3-1-6-16(18)20(17-7-2-4-9-19(17)23)14-15-11-12-22(26-15)21-10-5-13-25-21/h1-14H. The predicted molar refractivity (Wildman–Crippen MR) is 111 cm³/mol. The first-order valence-corrected chi connectivity index (χ1v) is 10.1. The van der Waals surface area contributed by atoms with Crippen molar-refractivity contribution in [2.24, 2.45) is 0 Å². The summed E-state index contributed by atoms with van der Waals surface area (Å²) in [7, 11) is 0. The molecule has 124 valence electrons. The van der Waals surface area contributed by atoms with Gasteiger partial charge in [0.1, 0.15) is 0 Å². The topological polar surface area (TPSA) is 17.1 Å². The van der Waals surface area contributed by atoms with Crippen LogP contribution in [0.4, 0.5) is 0 Å². The van der Waals surface area contributed by atoms with Crippen LogP contribution >= 0.6 is 22.7 Å².